The van der Waals surface area contributed by atoms with Crippen molar-refractivity contribution in [3.05, 3.63) is 0 Å². The Balaban J connectivity index is 0.000000362. The predicted molar refractivity (Wildman–Crippen MR) is 135 cm³/mol. The van der Waals surface area contributed by atoms with E-state index in [1.165, 1.54) is 0 Å². The van der Waals surface area contributed by atoms with Crippen molar-refractivity contribution in [3.63, 3.8) is 0 Å². The first-order valence-corrected chi connectivity index (χ1v) is 12.9. The maximum Gasteiger partial charge on any atom is 0.407 e. The van der Waals surface area contributed by atoms with Crippen LogP contribution in [0.3, 0.4) is 0 Å². The molecule has 0 aromatic heterocycles. The third-order valence-corrected chi connectivity index (χ3v) is 5.50. The van der Waals surface area contributed by atoms with Crippen LogP contribution in [0.5, 0.6) is 0 Å². The van der Waals surface area contributed by atoms with E-state index in [2.05, 4.69) is 20.9 Å². The number of alkyl carbamates (subject to hydrolysis) is 2. The molecular weight excluding hydrogens is 436 g/mol. The van der Waals surface area contributed by atoms with Crippen molar-refractivity contribution in [2.24, 2.45) is 0 Å². The summed E-state index contributed by atoms with van der Waals surface area (Å²) in [6.07, 6.45) is 6.47. The number of likely N-dealkylation sites (tertiary alicyclic amines) is 1. The monoisotopic (exact) mass is 486 g/mol. The van der Waals surface area contributed by atoms with Gasteiger partial charge in [-0.3, -0.25) is 0 Å². The van der Waals surface area contributed by atoms with Gasteiger partial charge in [0.1, 0.15) is 11.2 Å². The first-order chi connectivity index (χ1) is 15.9. The topological polar surface area (TPSA) is 112 Å². The first-order valence-electron chi connectivity index (χ1n) is 12.9. The van der Waals surface area contributed by atoms with E-state index in [0.29, 0.717) is 6.61 Å². The number of nitrogens with zero attached hydrogens (tertiary/aromatic N) is 1. The number of aliphatic hydroxyl groups excluding tert-OH is 1. The van der Waals surface area contributed by atoms with Crippen LogP contribution in [0.4, 0.5) is 9.59 Å². The van der Waals surface area contributed by atoms with Crippen LogP contribution in [0.15, 0.2) is 0 Å². The molecule has 0 saturated carbocycles. The summed E-state index contributed by atoms with van der Waals surface area (Å²) >= 11 is 0. The highest BCUT2D eigenvalue weighted by Gasteiger charge is 2.23. The van der Waals surface area contributed by atoms with Crippen LogP contribution in [0.1, 0.15) is 86.5 Å². The lowest BCUT2D eigenvalue weighted by atomic mass is 10.0. The lowest BCUT2D eigenvalue weighted by Crippen LogP contribution is -2.46. The minimum atomic E-state index is -0.433. The molecule has 2 aliphatic heterocycles. The highest BCUT2D eigenvalue weighted by atomic mass is 16.6. The number of ether oxygens (including phenoxy) is 2. The Bertz CT molecular complexity index is 575. The zero-order valence-electron chi connectivity index (χ0n) is 22.4. The summed E-state index contributed by atoms with van der Waals surface area (Å²) in [7, 11) is 0. The lowest BCUT2D eigenvalue weighted by molar-refractivity contribution is 0.0472. The Morgan fingerprint density at radius 3 is 1.74 bits per heavy atom. The SMILES string of the molecule is CC(C)(C)OC(=O)NC1CCN(CCCCCO)CC1.CC(C)(C)OC(=O)NC1CCNCC1. The van der Waals surface area contributed by atoms with Crippen LogP contribution < -0.4 is 16.0 Å². The van der Waals surface area contributed by atoms with Gasteiger partial charge in [-0.1, -0.05) is 0 Å². The van der Waals surface area contributed by atoms with Crippen LogP contribution in [0.2, 0.25) is 0 Å². The Hall–Kier alpha value is -1.58. The number of amides is 2. The summed E-state index contributed by atoms with van der Waals surface area (Å²) in [5.74, 6) is 0. The second kappa shape index (κ2) is 15.4. The number of piperidine rings is 2. The molecule has 2 aliphatic rings. The maximum absolute atomic E-state index is 11.7. The summed E-state index contributed by atoms with van der Waals surface area (Å²) in [5, 5.41) is 17.8. The third kappa shape index (κ3) is 16.1. The van der Waals surface area contributed by atoms with E-state index in [1.54, 1.807) is 0 Å². The summed E-state index contributed by atoms with van der Waals surface area (Å²) in [6, 6.07) is 0.504. The fourth-order valence-corrected chi connectivity index (χ4v) is 3.84. The minimum Gasteiger partial charge on any atom is -0.444 e. The van der Waals surface area contributed by atoms with Gasteiger partial charge in [-0.05, 0) is 106 Å². The zero-order valence-corrected chi connectivity index (χ0v) is 22.4. The van der Waals surface area contributed by atoms with Gasteiger partial charge in [0.25, 0.3) is 0 Å². The minimum absolute atomic E-state index is 0.235. The molecule has 9 heteroatoms. The maximum atomic E-state index is 11.7. The molecule has 0 bridgehead atoms. The van der Waals surface area contributed by atoms with E-state index in [1.807, 2.05) is 41.5 Å². The van der Waals surface area contributed by atoms with Crippen molar-refractivity contribution in [1.82, 2.24) is 20.9 Å². The van der Waals surface area contributed by atoms with E-state index in [-0.39, 0.29) is 24.3 Å². The third-order valence-electron chi connectivity index (χ3n) is 5.50. The van der Waals surface area contributed by atoms with E-state index in [9.17, 15) is 9.59 Å². The van der Waals surface area contributed by atoms with Crippen molar-refractivity contribution < 1.29 is 24.2 Å². The Labute approximate surface area is 206 Å². The number of hydrogen-bond acceptors (Lipinski definition) is 7. The molecular formula is C25H50N4O5. The molecule has 0 atom stereocenters. The second-order valence-electron chi connectivity index (χ2n) is 11.2. The number of carbonyl (C=O) groups is 2. The Kier molecular flexibility index (Phi) is 13.8. The van der Waals surface area contributed by atoms with E-state index in [4.69, 9.17) is 14.6 Å². The van der Waals surface area contributed by atoms with Crippen LogP contribution >= 0.6 is 0 Å². The van der Waals surface area contributed by atoms with Crippen LogP contribution in [-0.2, 0) is 9.47 Å². The van der Waals surface area contributed by atoms with Crippen LogP contribution in [0.25, 0.3) is 0 Å². The van der Waals surface area contributed by atoms with Crippen LogP contribution in [-0.4, -0.2) is 84.8 Å². The van der Waals surface area contributed by atoms with Gasteiger partial charge in [0.2, 0.25) is 0 Å². The smallest absolute Gasteiger partial charge is 0.407 e. The fourth-order valence-electron chi connectivity index (χ4n) is 3.84. The fraction of sp³-hybridized carbons (Fsp3) is 0.920. The molecule has 2 heterocycles. The van der Waals surface area contributed by atoms with Crippen molar-refractivity contribution in [1.29, 1.82) is 0 Å². The number of carbonyl (C=O) groups excluding carboxylic acids is 2. The number of rotatable bonds is 7. The molecule has 200 valence electrons. The van der Waals surface area contributed by atoms with Crippen molar-refractivity contribution in [2.75, 3.05) is 39.3 Å². The number of hydrogen-bond donors (Lipinski definition) is 4. The molecule has 2 rings (SSSR count). The lowest BCUT2D eigenvalue weighted by Gasteiger charge is -2.32. The van der Waals surface area contributed by atoms with Gasteiger partial charge in [0.05, 0.1) is 0 Å². The normalized spacial score (nSPS) is 18.4. The van der Waals surface area contributed by atoms with Crippen molar-refractivity contribution >= 4 is 12.2 Å². The highest BCUT2D eigenvalue weighted by molar-refractivity contribution is 5.68. The molecule has 0 aromatic carbocycles. The average molecular weight is 487 g/mol. The quantitative estimate of drug-likeness (QED) is 0.408. The molecule has 0 spiro atoms. The van der Waals surface area contributed by atoms with E-state index >= 15 is 0 Å². The number of aliphatic hydroxyl groups is 1. The molecule has 0 radical (unpaired) electrons. The summed E-state index contributed by atoms with van der Waals surface area (Å²) in [4.78, 5) is 25.5. The van der Waals surface area contributed by atoms with Gasteiger partial charge >= 0.3 is 12.2 Å². The highest BCUT2D eigenvalue weighted by Crippen LogP contribution is 2.13. The van der Waals surface area contributed by atoms with Crippen LogP contribution in [0, 0.1) is 0 Å². The zero-order chi connectivity index (χ0) is 25.6. The first kappa shape index (κ1) is 30.5. The van der Waals surface area contributed by atoms with Gasteiger partial charge in [0.15, 0.2) is 0 Å². The predicted octanol–water partition coefficient (Wildman–Crippen LogP) is 3.40. The summed E-state index contributed by atoms with van der Waals surface area (Å²) < 4.78 is 10.4. The Morgan fingerprint density at radius 2 is 1.29 bits per heavy atom. The van der Waals surface area contributed by atoms with Crippen molar-refractivity contribution in [3.8, 4) is 0 Å². The average Bonchev–Trinajstić information content (AvgIpc) is 2.71. The van der Waals surface area contributed by atoms with Gasteiger partial charge in [-0.2, -0.15) is 0 Å². The van der Waals surface area contributed by atoms with E-state index < -0.39 is 11.2 Å². The largest absolute Gasteiger partial charge is 0.444 e. The standard InChI is InChI=1S/C15H30N2O3.C10H20N2O2/c1-15(2,3)20-14(19)16-13-7-10-17(11-8-13)9-5-4-6-12-18;1-10(2,3)14-9(13)12-8-4-6-11-7-5-8/h13,18H,4-12H2,1-3H3,(H,16,19);8,11H,4-7H2,1-3H3,(H,12,13). The number of unbranched alkanes of at least 4 members (excludes halogenated alkanes) is 2. The molecule has 0 aliphatic carbocycles. The molecule has 2 amide bonds. The molecule has 34 heavy (non-hydrogen) atoms. The molecule has 4 N–H and O–H groups in total. The number of nitrogens with one attached hydrogen (secondary N) is 3. The summed E-state index contributed by atoms with van der Waals surface area (Å²) in [6.45, 7) is 16.6. The molecule has 2 fully saturated rings. The van der Waals surface area contributed by atoms with E-state index in [0.717, 1.165) is 77.7 Å². The second-order valence-corrected chi connectivity index (χ2v) is 11.2. The van der Waals surface area contributed by atoms with Gasteiger partial charge in [-0.15, -0.1) is 0 Å². The molecule has 0 aromatic rings. The van der Waals surface area contributed by atoms with Gasteiger partial charge in [0, 0.05) is 31.8 Å². The summed E-state index contributed by atoms with van der Waals surface area (Å²) in [5.41, 5.74) is -0.839. The van der Waals surface area contributed by atoms with Gasteiger partial charge in [-0.25, -0.2) is 9.59 Å². The molecule has 9 nitrogen and oxygen atoms in total. The van der Waals surface area contributed by atoms with Crippen molar-refractivity contribution in [2.45, 2.75) is 110 Å². The van der Waals surface area contributed by atoms with Gasteiger partial charge < -0.3 is 35.4 Å². The Morgan fingerprint density at radius 1 is 0.824 bits per heavy atom. The molecule has 2 saturated heterocycles. The molecule has 0 unspecified atom stereocenters.